The predicted octanol–water partition coefficient (Wildman–Crippen LogP) is 0.904. The molecule has 0 bridgehead atoms. The van der Waals surface area contributed by atoms with E-state index in [1.165, 1.54) is 6.07 Å². The molecular formula is C13H13NO4. The summed E-state index contributed by atoms with van der Waals surface area (Å²) in [6.45, 7) is 1.63. The number of para-hydroxylation sites is 1. The molecule has 0 aliphatic rings. The molecule has 0 fully saturated rings. The van der Waals surface area contributed by atoms with Crippen molar-refractivity contribution in [3.8, 4) is 0 Å². The van der Waals surface area contributed by atoms with Gasteiger partial charge in [-0.3, -0.25) is 4.79 Å². The Morgan fingerprint density at radius 2 is 2.17 bits per heavy atom. The highest BCUT2D eigenvalue weighted by molar-refractivity contribution is 5.96. The Morgan fingerprint density at radius 1 is 1.44 bits per heavy atom. The first-order valence-corrected chi connectivity index (χ1v) is 5.57. The molecule has 0 saturated carbocycles. The molecule has 1 heterocycles. The van der Waals surface area contributed by atoms with E-state index in [4.69, 9.17) is 9.52 Å². The van der Waals surface area contributed by atoms with Gasteiger partial charge in [-0.1, -0.05) is 18.2 Å². The van der Waals surface area contributed by atoms with E-state index in [2.05, 4.69) is 5.32 Å². The van der Waals surface area contributed by atoms with Gasteiger partial charge in [-0.2, -0.15) is 0 Å². The normalized spacial score (nSPS) is 12.3. The van der Waals surface area contributed by atoms with E-state index >= 15 is 0 Å². The smallest absolute Gasteiger partial charge is 0.349 e. The summed E-state index contributed by atoms with van der Waals surface area (Å²) in [5, 5.41) is 12.2. The number of hydrogen-bond acceptors (Lipinski definition) is 4. The third-order valence-corrected chi connectivity index (χ3v) is 2.44. The topological polar surface area (TPSA) is 79.5 Å². The van der Waals surface area contributed by atoms with Crippen LogP contribution in [0.5, 0.6) is 0 Å². The molecule has 18 heavy (non-hydrogen) atoms. The van der Waals surface area contributed by atoms with Gasteiger partial charge >= 0.3 is 5.63 Å². The van der Waals surface area contributed by atoms with Crippen LogP contribution in [0.1, 0.15) is 17.3 Å². The molecule has 0 saturated heterocycles. The number of hydrogen-bond donors (Lipinski definition) is 2. The minimum absolute atomic E-state index is 0.0608. The van der Waals surface area contributed by atoms with Gasteiger partial charge in [-0.25, -0.2) is 4.79 Å². The fourth-order valence-corrected chi connectivity index (χ4v) is 1.56. The Labute approximate surface area is 103 Å². The van der Waals surface area contributed by atoms with Crippen LogP contribution in [0.3, 0.4) is 0 Å². The van der Waals surface area contributed by atoms with E-state index < -0.39 is 17.6 Å². The molecule has 5 nitrogen and oxygen atoms in total. The number of nitrogens with one attached hydrogen (secondary N) is 1. The number of aliphatic hydroxyl groups excluding tert-OH is 1. The highest BCUT2D eigenvalue weighted by Gasteiger charge is 2.13. The summed E-state index contributed by atoms with van der Waals surface area (Å²) in [4.78, 5) is 23.4. The van der Waals surface area contributed by atoms with Crippen LogP contribution in [-0.2, 0) is 0 Å². The van der Waals surface area contributed by atoms with Crippen molar-refractivity contribution >= 4 is 16.9 Å². The van der Waals surface area contributed by atoms with Crippen LogP contribution in [0.15, 0.2) is 39.5 Å². The number of rotatable bonds is 3. The molecule has 0 radical (unpaired) electrons. The van der Waals surface area contributed by atoms with Gasteiger partial charge in [-0.15, -0.1) is 0 Å². The van der Waals surface area contributed by atoms with Gasteiger partial charge in [0.2, 0.25) is 0 Å². The van der Waals surface area contributed by atoms with Gasteiger partial charge in [0.05, 0.1) is 6.10 Å². The first kappa shape index (κ1) is 12.3. The van der Waals surface area contributed by atoms with E-state index in [1.807, 2.05) is 0 Å². The summed E-state index contributed by atoms with van der Waals surface area (Å²) < 4.78 is 5.04. The number of benzene rings is 1. The van der Waals surface area contributed by atoms with Crippen LogP contribution < -0.4 is 10.9 Å². The van der Waals surface area contributed by atoms with Crippen LogP contribution in [0.4, 0.5) is 0 Å². The largest absolute Gasteiger partial charge is 0.422 e. The van der Waals surface area contributed by atoms with Crippen molar-refractivity contribution < 1.29 is 14.3 Å². The SMILES string of the molecule is C[C@H](O)CNC(=O)c1cc2ccccc2oc1=O. The molecule has 5 heteroatoms. The first-order valence-electron chi connectivity index (χ1n) is 5.57. The molecule has 0 spiro atoms. The van der Waals surface area contributed by atoms with E-state index in [0.717, 1.165) is 0 Å². The van der Waals surface area contributed by atoms with Gasteiger partial charge in [0.15, 0.2) is 0 Å². The molecule has 0 aliphatic carbocycles. The second-order valence-corrected chi connectivity index (χ2v) is 4.04. The third kappa shape index (κ3) is 2.57. The average Bonchev–Trinajstić information content (AvgIpc) is 2.35. The standard InChI is InChI=1S/C13H13NO4/c1-8(15)7-14-12(16)10-6-9-4-2-3-5-11(9)18-13(10)17/h2-6,8,15H,7H2,1H3,(H,14,16)/t8-/m0/s1. The zero-order valence-corrected chi connectivity index (χ0v) is 9.84. The van der Waals surface area contributed by atoms with Gasteiger partial charge in [0, 0.05) is 11.9 Å². The number of carbonyl (C=O) groups excluding carboxylic acids is 1. The maximum absolute atomic E-state index is 11.7. The number of aliphatic hydroxyl groups is 1. The van der Waals surface area contributed by atoms with Crippen LogP contribution in [0.2, 0.25) is 0 Å². The van der Waals surface area contributed by atoms with Crippen molar-refractivity contribution in [2.45, 2.75) is 13.0 Å². The summed E-state index contributed by atoms with van der Waals surface area (Å²) in [5.41, 5.74) is -0.305. The van der Waals surface area contributed by atoms with Crippen molar-refractivity contribution in [1.29, 1.82) is 0 Å². The van der Waals surface area contributed by atoms with Crippen molar-refractivity contribution in [3.63, 3.8) is 0 Å². The predicted molar refractivity (Wildman–Crippen MR) is 66.5 cm³/mol. The van der Waals surface area contributed by atoms with Crippen LogP contribution in [-0.4, -0.2) is 23.7 Å². The first-order chi connectivity index (χ1) is 8.58. The van der Waals surface area contributed by atoms with Crippen molar-refractivity contribution in [2.24, 2.45) is 0 Å². The van der Waals surface area contributed by atoms with Crippen molar-refractivity contribution in [1.82, 2.24) is 5.32 Å². The van der Waals surface area contributed by atoms with Gasteiger partial charge < -0.3 is 14.8 Å². The van der Waals surface area contributed by atoms with Crippen LogP contribution in [0.25, 0.3) is 11.0 Å². The van der Waals surface area contributed by atoms with Gasteiger partial charge in [-0.05, 0) is 19.1 Å². The molecule has 1 aromatic carbocycles. The zero-order chi connectivity index (χ0) is 13.1. The lowest BCUT2D eigenvalue weighted by Gasteiger charge is -2.06. The Kier molecular flexibility index (Phi) is 3.43. The van der Waals surface area contributed by atoms with Gasteiger partial charge in [0.25, 0.3) is 5.91 Å². The second kappa shape index (κ2) is 5.01. The van der Waals surface area contributed by atoms with E-state index in [9.17, 15) is 9.59 Å². The van der Waals surface area contributed by atoms with Crippen molar-refractivity contribution in [2.75, 3.05) is 6.54 Å². The summed E-state index contributed by atoms with van der Waals surface area (Å²) in [7, 11) is 0. The summed E-state index contributed by atoms with van der Waals surface area (Å²) in [6.07, 6.45) is -0.665. The molecule has 2 aromatic rings. The monoisotopic (exact) mass is 247 g/mol. The number of carbonyl (C=O) groups is 1. The Morgan fingerprint density at radius 3 is 2.89 bits per heavy atom. The lowest BCUT2D eigenvalue weighted by Crippen LogP contribution is -2.33. The molecule has 0 unspecified atom stereocenters. The number of amides is 1. The average molecular weight is 247 g/mol. The molecule has 2 N–H and O–H groups in total. The highest BCUT2D eigenvalue weighted by atomic mass is 16.4. The lowest BCUT2D eigenvalue weighted by atomic mass is 10.2. The van der Waals surface area contributed by atoms with Crippen molar-refractivity contribution in [3.05, 3.63) is 46.3 Å². The Balaban J connectivity index is 2.36. The Hall–Kier alpha value is -2.14. The summed E-state index contributed by atoms with van der Waals surface area (Å²) in [6, 6.07) is 8.44. The molecule has 94 valence electrons. The minimum Gasteiger partial charge on any atom is -0.422 e. The molecular weight excluding hydrogens is 234 g/mol. The van der Waals surface area contributed by atoms with E-state index in [-0.39, 0.29) is 12.1 Å². The second-order valence-electron chi connectivity index (χ2n) is 4.04. The maximum atomic E-state index is 11.7. The fraction of sp³-hybridized carbons (Fsp3) is 0.231. The van der Waals surface area contributed by atoms with Gasteiger partial charge in [0.1, 0.15) is 11.1 Å². The highest BCUT2D eigenvalue weighted by Crippen LogP contribution is 2.12. The molecule has 0 aliphatic heterocycles. The quantitative estimate of drug-likeness (QED) is 0.790. The fourth-order valence-electron chi connectivity index (χ4n) is 1.56. The molecule has 2 rings (SSSR count). The Bertz CT molecular complexity index is 630. The van der Waals surface area contributed by atoms with Crippen LogP contribution >= 0.6 is 0 Å². The molecule has 1 aromatic heterocycles. The molecule has 1 amide bonds. The lowest BCUT2D eigenvalue weighted by molar-refractivity contribution is 0.0920. The summed E-state index contributed by atoms with van der Waals surface area (Å²) in [5.74, 6) is -0.546. The van der Waals surface area contributed by atoms with Crippen LogP contribution in [0, 0.1) is 0 Å². The zero-order valence-electron chi connectivity index (χ0n) is 9.84. The van der Waals surface area contributed by atoms with E-state index in [0.29, 0.717) is 11.0 Å². The third-order valence-electron chi connectivity index (χ3n) is 2.44. The van der Waals surface area contributed by atoms with E-state index in [1.54, 1.807) is 31.2 Å². The maximum Gasteiger partial charge on any atom is 0.349 e. The summed E-state index contributed by atoms with van der Waals surface area (Å²) >= 11 is 0. The number of fused-ring (bicyclic) bond motifs is 1. The molecule has 1 atom stereocenters. The minimum atomic E-state index is -0.684.